The molecule has 2 amide bonds. The van der Waals surface area contributed by atoms with Crippen molar-refractivity contribution >= 4 is 6.03 Å². The second kappa shape index (κ2) is 6.02. The molecule has 1 aliphatic heterocycles. The largest absolute Gasteiger partial charge is 0.351 e. The molecule has 4 nitrogen and oxygen atoms in total. The van der Waals surface area contributed by atoms with Crippen LogP contribution < -0.4 is 11.1 Å². The van der Waals surface area contributed by atoms with Crippen molar-refractivity contribution < 1.29 is 9.18 Å². The summed E-state index contributed by atoms with van der Waals surface area (Å²) in [5.74, 6) is -0.213. The van der Waals surface area contributed by atoms with E-state index in [1.807, 2.05) is 13.0 Å². The number of hydrogen-bond donors (Lipinski definition) is 2. The van der Waals surface area contributed by atoms with Crippen LogP contribution in [0.4, 0.5) is 9.18 Å². The lowest BCUT2D eigenvalue weighted by atomic mass is 10.0. The van der Waals surface area contributed by atoms with E-state index in [-0.39, 0.29) is 17.9 Å². The third-order valence-corrected chi connectivity index (χ3v) is 3.64. The molecule has 0 saturated carbocycles. The van der Waals surface area contributed by atoms with Crippen molar-refractivity contribution in [1.29, 1.82) is 0 Å². The minimum Gasteiger partial charge on any atom is -0.351 e. The highest BCUT2D eigenvalue weighted by molar-refractivity contribution is 5.72. The van der Waals surface area contributed by atoms with Gasteiger partial charge in [-0.15, -0.1) is 0 Å². The lowest BCUT2D eigenvalue weighted by Crippen LogP contribution is -2.47. The van der Waals surface area contributed by atoms with Crippen LogP contribution in [-0.2, 0) is 0 Å². The molecule has 1 aromatic carbocycles. The summed E-state index contributed by atoms with van der Waals surface area (Å²) in [6, 6.07) is 6.72. The molecule has 0 unspecified atom stereocenters. The number of nitrogens with zero attached hydrogens (tertiary/aromatic N) is 1. The van der Waals surface area contributed by atoms with Crippen LogP contribution in [0.15, 0.2) is 24.3 Å². The van der Waals surface area contributed by atoms with Gasteiger partial charge in [0.15, 0.2) is 0 Å². The van der Waals surface area contributed by atoms with E-state index in [0.29, 0.717) is 19.1 Å². The van der Waals surface area contributed by atoms with Gasteiger partial charge in [-0.05, 0) is 37.5 Å². The molecular weight excluding hydrogens is 245 g/mol. The van der Waals surface area contributed by atoms with Gasteiger partial charge in [-0.2, -0.15) is 0 Å². The van der Waals surface area contributed by atoms with E-state index in [9.17, 15) is 9.18 Å². The van der Waals surface area contributed by atoms with Gasteiger partial charge in [0.25, 0.3) is 0 Å². The SMILES string of the molecule is C[C@H](NC1CCN(C(N)=O)CC1)c1cccc(F)c1. The zero-order chi connectivity index (χ0) is 13.8. The Kier molecular flexibility index (Phi) is 4.37. The minimum atomic E-state index is -0.350. The van der Waals surface area contributed by atoms with E-state index in [2.05, 4.69) is 5.32 Å². The summed E-state index contributed by atoms with van der Waals surface area (Å²) >= 11 is 0. The molecule has 1 aromatic rings. The highest BCUT2D eigenvalue weighted by Crippen LogP contribution is 2.18. The van der Waals surface area contributed by atoms with Crippen LogP contribution in [0, 0.1) is 5.82 Å². The smallest absolute Gasteiger partial charge is 0.314 e. The average molecular weight is 265 g/mol. The number of nitrogens with two attached hydrogens (primary N) is 1. The summed E-state index contributed by atoms with van der Waals surface area (Å²) in [6.45, 7) is 3.39. The number of likely N-dealkylation sites (tertiary alicyclic amines) is 1. The number of nitrogens with one attached hydrogen (secondary N) is 1. The minimum absolute atomic E-state index is 0.0980. The Hall–Kier alpha value is -1.62. The van der Waals surface area contributed by atoms with Gasteiger partial charge in [0, 0.05) is 25.2 Å². The van der Waals surface area contributed by atoms with Gasteiger partial charge < -0.3 is 16.0 Å². The number of hydrogen-bond acceptors (Lipinski definition) is 2. The molecule has 0 aromatic heterocycles. The Balaban J connectivity index is 1.87. The van der Waals surface area contributed by atoms with Crippen LogP contribution in [0.3, 0.4) is 0 Å². The summed E-state index contributed by atoms with van der Waals surface area (Å²) in [6.07, 6.45) is 1.76. The van der Waals surface area contributed by atoms with Crippen LogP contribution >= 0.6 is 0 Å². The molecule has 0 bridgehead atoms. The number of primary amides is 1. The number of halogens is 1. The number of amides is 2. The van der Waals surface area contributed by atoms with E-state index in [1.54, 1.807) is 17.0 Å². The van der Waals surface area contributed by atoms with Crippen molar-refractivity contribution in [3.05, 3.63) is 35.6 Å². The molecule has 104 valence electrons. The van der Waals surface area contributed by atoms with Crippen LogP contribution in [0.25, 0.3) is 0 Å². The highest BCUT2D eigenvalue weighted by Gasteiger charge is 2.22. The number of carbonyl (C=O) groups is 1. The number of benzene rings is 1. The molecule has 1 heterocycles. The number of rotatable bonds is 3. The summed E-state index contributed by atoms with van der Waals surface area (Å²) in [7, 11) is 0. The predicted octanol–water partition coefficient (Wildman–Crippen LogP) is 2.02. The third kappa shape index (κ3) is 3.67. The first-order valence-corrected chi connectivity index (χ1v) is 6.62. The topological polar surface area (TPSA) is 58.4 Å². The lowest BCUT2D eigenvalue weighted by molar-refractivity contribution is 0.183. The maximum Gasteiger partial charge on any atom is 0.314 e. The molecular formula is C14H20FN3O. The van der Waals surface area contributed by atoms with Crippen LogP contribution in [0.2, 0.25) is 0 Å². The first-order chi connectivity index (χ1) is 9.06. The van der Waals surface area contributed by atoms with Crippen LogP contribution in [-0.4, -0.2) is 30.1 Å². The van der Waals surface area contributed by atoms with Gasteiger partial charge in [0.1, 0.15) is 5.82 Å². The summed E-state index contributed by atoms with van der Waals surface area (Å²) in [4.78, 5) is 12.7. The van der Waals surface area contributed by atoms with Gasteiger partial charge in [-0.25, -0.2) is 9.18 Å². The quantitative estimate of drug-likeness (QED) is 0.878. The second-order valence-corrected chi connectivity index (χ2v) is 5.04. The van der Waals surface area contributed by atoms with E-state index >= 15 is 0 Å². The Morgan fingerprint density at radius 2 is 2.16 bits per heavy atom. The molecule has 0 aliphatic carbocycles. The molecule has 19 heavy (non-hydrogen) atoms. The highest BCUT2D eigenvalue weighted by atomic mass is 19.1. The molecule has 2 rings (SSSR count). The standard InChI is InChI=1S/C14H20FN3O/c1-10(11-3-2-4-12(15)9-11)17-13-5-7-18(8-6-13)14(16)19/h2-4,9-10,13,17H,5-8H2,1H3,(H2,16,19)/t10-/m0/s1. The number of carbonyl (C=O) groups excluding carboxylic acids is 1. The Morgan fingerprint density at radius 1 is 1.47 bits per heavy atom. The Bertz CT molecular complexity index is 444. The summed E-state index contributed by atoms with van der Waals surface area (Å²) in [5.41, 5.74) is 6.19. The molecule has 1 fully saturated rings. The molecule has 0 radical (unpaired) electrons. The van der Waals surface area contributed by atoms with Crippen molar-refractivity contribution in [2.45, 2.75) is 31.8 Å². The van der Waals surface area contributed by atoms with Crippen molar-refractivity contribution in [2.75, 3.05) is 13.1 Å². The number of piperidine rings is 1. The van der Waals surface area contributed by atoms with Gasteiger partial charge in [-0.3, -0.25) is 0 Å². The molecule has 3 N–H and O–H groups in total. The van der Waals surface area contributed by atoms with E-state index in [1.165, 1.54) is 6.07 Å². The fourth-order valence-electron chi connectivity index (χ4n) is 2.49. The van der Waals surface area contributed by atoms with Gasteiger partial charge in [-0.1, -0.05) is 12.1 Å². The van der Waals surface area contributed by atoms with E-state index < -0.39 is 0 Å². The molecule has 1 atom stereocenters. The Morgan fingerprint density at radius 3 is 2.74 bits per heavy atom. The average Bonchev–Trinajstić information content (AvgIpc) is 2.39. The zero-order valence-corrected chi connectivity index (χ0v) is 11.1. The van der Waals surface area contributed by atoms with Crippen molar-refractivity contribution in [1.82, 2.24) is 10.2 Å². The van der Waals surface area contributed by atoms with Crippen LogP contribution in [0.5, 0.6) is 0 Å². The van der Waals surface area contributed by atoms with E-state index in [4.69, 9.17) is 5.73 Å². The summed E-state index contributed by atoms with van der Waals surface area (Å²) < 4.78 is 13.2. The number of urea groups is 1. The molecule has 1 aliphatic rings. The maximum atomic E-state index is 13.2. The maximum absolute atomic E-state index is 13.2. The van der Waals surface area contributed by atoms with Crippen LogP contribution in [0.1, 0.15) is 31.4 Å². The molecule has 0 spiro atoms. The first-order valence-electron chi connectivity index (χ1n) is 6.62. The van der Waals surface area contributed by atoms with Gasteiger partial charge >= 0.3 is 6.03 Å². The fraction of sp³-hybridized carbons (Fsp3) is 0.500. The predicted molar refractivity (Wildman–Crippen MR) is 72.1 cm³/mol. The monoisotopic (exact) mass is 265 g/mol. The second-order valence-electron chi connectivity index (χ2n) is 5.04. The fourth-order valence-corrected chi connectivity index (χ4v) is 2.49. The lowest BCUT2D eigenvalue weighted by Gasteiger charge is -2.33. The van der Waals surface area contributed by atoms with Gasteiger partial charge in [0.2, 0.25) is 0 Å². The van der Waals surface area contributed by atoms with Gasteiger partial charge in [0.05, 0.1) is 0 Å². The normalized spacial score (nSPS) is 18.3. The van der Waals surface area contributed by atoms with E-state index in [0.717, 1.165) is 18.4 Å². The summed E-state index contributed by atoms with van der Waals surface area (Å²) in [5, 5.41) is 3.48. The zero-order valence-electron chi connectivity index (χ0n) is 11.1. The Labute approximate surface area is 112 Å². The van der Waals surface area contributed by atoms with Crippen molar-refractivity contribution in [3.63, 3.8) is 0 Å². The molecule has 1 saturated heterocycles. The third-order valence-electron chi connectivity index (χ3n) is 3.64. The van der Waals surface area contributed by atoms with Crippen molar-refractivity contribution in [3.8, 4) is 0 Å². The molecule has 5 heteroatoms. The first kappa shape index (κ1) is 13.8. The van der Waals surface area contributed by atoms with Crippen molar-refractivity contribution in [2.24, 2.45) is 5.73 Å².